The van der Waals surface area contributed by atoms with Crippen molar-refractivity contribution in [1.82, 2.24) is 0 Å². The first-order valence-corrected chi connectivity index (χ1v) is 9.17. The Morgan fingerprint density at radius 2 is 2.00 bits per heavy atom. The van der Waals surface area contributed by atoms with E-state index in [-0.39, 0.29) is 5.92 Å². The van der Waals surface area contributed by atoms with Gasteiger partial charge >= 0.3 is 5.97 Å². The van der Waals surface area contributed by atoms with Crippen molar-refractivity contribution in [3.8, 4) is 0 Å². The Hall–Kier alpha value is -0.180. The molecule has 0 saturated heterocycles. The smallest absolute Gasteiger partial charge is 0.307 e. The van der Waals surface area contributed by atoms with E-state index in [4.69, 9.17) is 0 Å². The minimum Gasteiger partial charge on any atom is -0.481 e. The van der Waals surface area contributed by atoms with Crippen LogP contribution in [-0.2, 0) is 4.79 Å². The lowest BCUT2D eigenvalue weighted by Crippen LogP contribution is -2.38. The van der Waals surface area contributed by atoms with Gasteiger partial charge < -0.3 is 5.11 Å². The van der Waals surface area contributed by atoms with E-state index in [0.29, 0.717) is 22.5 Å². The van der Waals surface area contributed by atoms with E-state index >= 15 is 0 Å². The molecule has 1 N–H and O–H groups in total. The Labute approximate surface area is 129 Å². The first kappa shape index (κ1) is 17.9. The molecule has 0 aromatic rings. The van der Waals surface area contributed by atoms with E-state index in [2.05, 4.69) is 34.6 Å². The van der Waals surface area contributed by atoms with Gasteiger partial charge in [0.1, 0.15) is 0 Å². The largest absolute Gasteiger partial charge is 0.481 e. The number of hydrogen-bond acceptors (Lipinski definition) is 2. The summed E-state index contributed by atoms with van der Waals surface area (Å²) in [5.41, 5.74) is 0.348. The van der Waals surface area contributed by atoms with Gasteiger partial charge in [-0.1, -0.05) is 41.0 Å². The third kappa shape index (κ3) is 4.98. The number of thioether (sulfide) groups is 1. The van der Waals surface area contributed by atoms with E-state index < -0.39 is 5.97 Å². The maximum atomic E-state index is 11.5. The Bertz CT molecular complexity index is 312. The van der Waals surface area contributed by atoms with Gasteiger partial charge in [-0.3, -0.25) is 4.79 Å². The summed E-state index contributed by atoms with van der Waals surface area (Å²) >= 11 is 1.91. The van der Waals surface area contributed by atoms with Crippen LogP contribution in [0.4, 0.5) is 0 Å². The van der Waals surface area contributed by atoms with E-state index in [9.17, 15) is 9.90 Å². The summed E-state index contributed by atoms with van der Waals surface area (Å²) in [6.45, 7) is 11.4. The van der Waals surface area contributed by atoms with Gasteiger partial charge in [0.25, 0.3) is 0 Å². The van der Waals surface area contributed by atoms with Crippen LogP contribution in [0.5, 0.6) is 0 Å². The summed E-state index contributed by atoms with van der Waals surface area (Å²) in [5.74, 6) is 1.78. The SMILES string of the molecule is CCC(C)(C)C1CCC(C(=O)O)C(SCCC(C)C)C1. The zero-order valence-corrected chi connectivity index (χ0v) is 14.6. The van der Waals surface area contributed by atoms with Gasteiger partial charge in [0.2, 0.25) is 0 Å². The van der Waals surface area contributed by atoms with Crippen LogP contribution in [-0.4, -0.2) is 22.1 Å². The van der Waals surface area contributed by atoms with E-state index in [0.717, 1.165) is 25.0 Å². The molecule has 0 aliphatic heterocycles. The van der Waals surface area contributed by atoms with Gasteiger partial charge in [-0.05, 0) is 48.7 Å². The minimum absolute atomic E-state index is 0.129. The molecule has 118 valence electrons. The Balaban J connectivity index is 2.64. The lowest BCUT2D eigenvalue weighted by molar-refractivity contribution is -0.143. The molecule has 0 bridgehead atoms. The molecule has 3 heteroatoms. The van der Waals surface area contributed by atoms with E-state index in [1.54, 1.807) is 0 Å². The first-order chi connectivity index (χ1) is 9.27. The van der Waals surface area contributed by atoms with Crippen molar-refractivity contribution < 1.29 is 9.90 Å². The molecule has 0 spiro atoms. The Morgan fingerprint density at radius 3 is 2.50 bits per heavy atom. The van der Waals surface area contributed by atoms with Crippen molar-refractivity contribution >= 4 is 17.7 Å². The highest BCUT2D eigenvalue weighted by Gasteiger charge is 2.40. The number of carboxylic acids is 1. The number of carbonyl (C=O) groups is 1. The standard InChI is InChI=1S/C17H32O2S/c1-6-17(4,5)13-7-8-14(16(18)19)15(11-13)20-10-9-12(2)3/h12-15H,6-11H2,1-5H3,(H,18,19). The summed E-state index contributed by atoms with van der Waals surface area (Å²) in [5, 5.41) is 9.77. The highest BCUT2D eigenvalue weighted by molar-refractivity contribution is 7.99. The lowest BCUT2D eigenvalue weighted by atomic mass is 9.67. The number of rotatable bonds is 7. The first-order valence-electron chi connectivity index (χ1n) is 8.12. The van der Waals surface area contributed by atoms with Crippen molar-refractivity contribution in [3.05, 3.63) is 0 Å². The van der Waals surface area contributed by atoms with Crippen molar-refractivity contribution in [1.29, 1.82) is 0 Å². The van der Waals surface area contributed by atoms with Gasteiger partial charge in [0.05, 0.1) is 5.92 Å². The minimum atomic E-state index is -0.584. The van der Waals surface area contributed by atoms with Gasteiger partial charge in [-0.25, -0.2) is 0 Å². The highest BCUT2D eigenvalue weighted by atomic mass is 32.2. The average molecular weight is 301 g/mol. The molecule has 0 amide bonds. The van der Waals surface area contributed by atoms with Crippen molar-refractivity contribution in [2.75, 3.05) is 5.75 Å². The molecule has 1 saturated carbocycles. The molecular weight excluding hydrogens is 268 g/mol. The normalized spacial score (nSPS) is 27.8. The van der Waals surface area contributed by atoms with Crippen LogP contribution in [0.1, 0.15) is 66.7 Å². The Morgan fingerprint density at radius 1 is 1.35 bits per heavy atom. The summed E-state index contributed by atoms with van der Waals surface area (Å²) in [4.78, 5) is 11.5. The molecular formula is C17H32O2S. The molecule has 1 rings (SSSR count). The van der Waals surface area contributed by atoms with Crippen LogP contribution in [0.25, 0.3) is 0 Å². The summed E-state index contributed by atoms with van der Waals surface area (Å²) in [6, 6.07) is 0. The second kappa shape index (κ2) is 7.72. The summed E-state index contributed by atoms with van der Waals surface area (Å²) in [6.07, 6.45) is 5.40. The van der Waals surface area contributed by atoms with Crippen LogP contribution in [0.2, 0.25) is 0 Å². The second-order valence-electron chi connectivity index (χ2n) is 7.39. The highest BCUT2D eigenvalue weighted by Crippen LogP contribution is 2.45. The van der Waals surface area contributed by atoms with Crippen molar-refractivity contribution in [2.24, 2.45) is 23.2 Å². The second-order valence-corrected chi connectivity index (χ2v) is 8.74. The van der Waals surface area contributed by atoms with Crippen LogP contribution in [0.15, 0.2) is 0 Å². The fraction of sp³-hybridized carbons (Fsp3) is 0.941. The number of aliphatic carboxylic acids is 1. The number of carboxylic acid groups (broad SMARTS) is 1. The van der Waals surface area contributed by atoms with Crippen LogP contribution < -0.4 is 0 Å². The maximum Gasteiger partial charge on any atom is 0.307 e. The lowest BCUT2D eigenvalue weighted by Gasteiger charge is -2.41. The Kier molecular flexibility index (Phi) is 6.90. The molecule has 1 fully saturated rings. The molecule has 3 unspecified atom stereocenters. The van der Waals surface area contributed by atoms with Crippen molar-refractivity contribution in [3.63, 3.8) is 0 Å². The van der Waals surface area contributed by atoms with E-state index in [1.165, 1.54) is 12.8 Å². The van der Waals surface area contributed by atoms with E-state index in [1.807, 2.05) is 11.8 Å². The molecule has 0 heterocycles. The molecule has 0 radical (unpaired) electrons. The molecule has 20 heavy (non-hydrogen) atoms. The van der Waals surface area contributed by atoms with Gasteiger partial charge in [0, 0.05) is 5.25 Å². The third-order valence-electron chi connectivity index (χ3n) is 5.15. The third-order valence-corrected chi connectivity index (χ3v) is 6.57. The summed E-state index contributed by atoms with van der Waals surface area (Å²) in [7, 11) is 0. The predicted octanol–water partition coefficient (Wildman–Crippen LogP) is 5.07. The zero-order chi connectivity index (χ0) is 15.3. The van der Waals surface area contributed by atoms with Crippen LogP contribution in [0, 0.1) is 23.2 Å². The van der Waals surface area contributed by atoms with Gasteiger partial charge in [0.15, 0.2) is 0 Å². The average Bonchev–Trinajstić information content (AvgIpc) is 2.37. The molecule has 1 aliphatic carbocycles. The fourth-order valence-corrected chi connectivity index (χ4v) is 4.81. The molecule has 0 aromatic carbocycles. The molecule has 2 nitrogen and oxygen atoms in total. The predicted molar refractivity (Wildman–Crippen MR) is 88.2 cm³/mol. The van der Waals surface area contributed by atoms with Gasteiger partial charge in [-0.2, -0.15) is 11.8 Å². The fourth-order valence-electron chi connectivity index (χ4n) is 3.05. The number of hydrogen-bond donors (Lipinski definition) is 1. The quantitative estimate of drug-likeness (QED) is 0.713. The summed E-state index contributed by atoms with van der Waals surface area (Å²) < 4.78 is 0. The maximum absolute atomic E-state index is 11.5. The molecule has 0 aromatic heterocycles. The monoisotopic (exact) mass is 300 g/mol. The van der Waals surface area contributed by atoms with Gasteiger partial charge in [-0.15, -0.1) is 0 Å². The zero-order valence-electron chi connectivity index (χ0n) is 13.8. The van der Waals surface area contributed by atoms with Crippen LogP contribution in [0.3, 0.4) is 0 Å². The van der Waals surface area contributed by atoms with Crippen molar-refractivity contribution in [2.45, 2.75) is 72.0 Å². The molecule has 3 atom stereocenters. The van der Waals surface area contributed by atoms with Crippen LogP contribution >= 0.6 is 11.8 Å². The molecule has 1 aliphatic rings. The topological polar surface area (TPSA) is 37.3 Å².